The van der Waals surface area contributed by atoms with Gasteiger partial charge in [0.05, 0.1) is 0 Å². The van der Waals surface area contributed by atoms with Crippen LogP contribution >= 0.6 is 0 Å². The van der Waals surface area contributed by atoms with Gasteiger partial charge in [0, 0.05) is 13.1 Å². The van der Waals surface area contributed by atoms with Gasteiger partial charge in [0.15, 0.2) is 0 Å². The summed E-state index contributed by atoms with van der Waals surface area (Å²) in [6.07, 6.45) is 6.63. The summed E-state index contributed by atoms with van der Waals surface area (Å²) in [5.41, 5.74) is 0. The highest BCUT2D eigenvalue weighted by Crippen LogP contribution is 2.02. The summed E-state index contributed by atoms with van der Waals surface area (Å²) >= 11 is 0. The summed E-state index contributed by atoms with van der Waals surface area (Å²) in [6, 6.07) is 0. The van der Waals surface area contributed by atoms with Crippen molar-refractivity contribution >= 4 is 0 Å². The first kappa shape index (κ1) is 11.9. The van der Waals surface area contributed by atoms with Gasteiger partial charge in [-0.15, -0.1) is 9.60 Å². The molecule has 12 heavy (non-hydrogen) atoms. The van der Waals surface area contributed by atoms with E-state index < -0.39 is 0 Å². The Morgan fingerprint density at radius 3 is 1.58 bits per heavy atom. The molecule has 0 aliphatic rings. The first-order chi connectivity index (χ1) is 5.81. The van der Waals surface area contributed by atoms with Crippen LogP contribution < -0.4 is 0 Å². The topological polar surface area (TPSA) is 3.24 Å². The highest BCUT2D eigenvalue weighted by molar-refractivity contribution is 4.47. The smallest absolute Gasteiger partial charge is 0.0290 e. The van der Waals surface area contributed by atoms with Crippen molar-refractivity contribution in [3.63, 3.8) is 0 Å². The summed E-state index contributed by atoms with van der Waals surface area (Å²) in [7, 11) is 0. The van der Waals surface area contributed by atoms with Crippen molar-refractivity contribution in [2.45, 2.75) is 52.4 Å². The van der Waals surface area contributed by atoms with Gasteiger partial charge in [0.2, 0.25) is 0 Å². The number of unbranched alkanes of at least 4 members (excludes halogenated alkanes) is 4. The number of nitrogens with zero attached hydrogens (tertiary/aromatic N) is 1. The van der Waals surface area contributed by atoms with Gasteiger partial charge in [-0.05, 0) is 12.8 Å². The lowest BCUT2D eigenvalue weighted by molar-refractivity contribution is 0.0219. The third-order valence-electron chi connectivity index (χ3n) is 2.01. The van der Waals surface area contributed by atoms with Crippen molar-refractivity contribution in [1.29, 1.82) is 0 Å². The van der Waals surface area contributed by atoms with Gasteiger partial charge >= 0.3 is 0 Å². The fourth-order valence-corrected chi connectivity index (χ4v) is 1.18. The van der Waals surface area contributed by atoms with E-state index in [1.165, 1.54) is 12.8 Å². The molecule has 0 amide bonds. The van der Waals surface area contributed by atoms with E-state index in [9.17, 15) is 4.48 Å². The zero-order valence-corrected chi connectivity index (χ0v) is 8.48. The average Bonchev–Trinajstić information content (AvgIpc) is 2.06. The number of hydrogen-bond acceptors (Lipinski definition) is 1. The normalized spacial score (nSPS) is 11.0. The average molecular weight is 175 g/mol. The van der Waals surface area contributed by atoms with Crippen molar-refractivity contribution < 1.29 is 4.48 Å². The molecule has 0 spiro atoms. The first-order valence-electron chi connectivity index (χ1n) is 5.22. The molecule has 0 atom stereocenters. The third-order valence-corrected chi connectivity index (χ3v) is 2.01. The molecule has 0 aromatic rings. The lowest BCUT2D eigenvalue weighted by Gasteiger charge is -2.10. The van der Waals surface area contributed by atoms with Crippen molar-refractivity contribution in [1.82, 2.24) is 5.12 Å². The molecule has 0 aromatic heterocycles. The second kappa shape index (κ2) is 8.98. The van der Waals surface area contributed by atoms with Gasteiger partial charge in [0.25, 0.3) is 0 Å². The van der Waals surface area contributed by atoms with Crippen molar-refractivity contribution in [3.8, 4) is 0 Å². The van der Waals surface area contributed by atoms with Gasteiger partial charge in [-0.1, -0.05) is 39.5 Å². The molecule has 0 radical (unpaired) electrons. The van der Waals surface area contributed by atoms with E-state index >= 15 is 0 Å². The summed E-state index contributed by atoms with van der Waals surface area (Å²) in [5.74, 6) is 0. The SMILES string of the molecule is CCCCCN(F)CCCCC. The van der Waals surface area contributed by atoms with E-state index in [1.807, 2.05) is 0 Å². The molecule has 0 aromatic carbocycles. The molecule has 2 heteroatoms. The fraction of sp³-hybridized carbons (Fsp3) is 1.00. The van der Waals surface area contributed by atoms with Crippen LogP contribution in [0.25, 0.3) is 0 Å². The Morgan fingerprint density at radius 1 is 0.833 bits per heavy atom. The highest BCUT2D eigenvalue weighted by atomic mass is 19.2. The standard InChI is InChI=1S/C10H22FN/c1-3-5-7-9-12(11)10-8-6-4-2/h3-10H2,1-2H3. The van der Waals surface area contributed by atoms with Crippen LogP contribution in [0, 0.1) is 0 Å². The van der Waals surface area contributed by atoms with Crippen LogP contribution in [-0.4, -0.2) is 18.2 Å². The molecule has 1 nitrogen and oxygen atoms in total. The van der Waals surface area contributed by atoms with E-state index in [1.54, 1.807) is 0 Å². The van der Waals surface area contributed by atoms with Crippen LogP contribution in [0.15, 0.2) is 0 Å². The van der Waals surface area contributed by atoms with Crippen molar-refractivity contribution in [2.75, 3.05) is 13.1 Å². The van der Waals surface area contributed by atoms with Crippen molar-refractivity contribution in [3.05, 3.63) is 0 Å². The molecule has 0 aliphatic carbocycles. The van der Waals surface area contributed by atoms with Gasteiger partial charge in [0.1, 0.15) is 0 Å². The van der Waals surface area contributed by atoms with Crippen LogP contribution in [0.5, 0.6) is 0 Å². The van der Waals surface area contributed by atoms with Gasteiger partial charge in [-0.2, -0.15) is 0 Å². The maximum absolute atomic E-state index is 12.9. The molecule has 0 fully saturated rings. The largest absolute Gasteiger partial charge is 0.146 e. The molecule has 0 rings (SSSR count). The minimum atomic E-state index is 0.623. The van der Waals surface area contributed by atoms with Crippen LogP contribution in [0.2, 0.25) is 0 Å². The summed E-state index contributed by atoms with van der Waals surface area (Å²) < 4.78 is 12.9. The maximum atomic E-state index is 12.9. The van der Waals surface area contributed by atoms with Crippen LogP contribution in [0.4, 0.5) is 4.48 Å². The second-order valence-corrected chi connectivity index (χ2v) is 3.32. The Labute approximate surface area is 75.9 Å². The van der Waals surface area contributed by atoms with E-state index in [2.05, 4.69) is 13.8 Å². The van der Waals surface area contributed by atoms with Crippen LogP contribution in [0.3, 0.4) is 0 Å². The van der Waals surface area contributed by atoms with Gasteiger partial charge in [-0.25, -0.2) is 0 Å². The Bertz CT molecular complexity index is 75.9. The highest BCUT2D eigenvalue weighted by Gasteiger charge is 2.00. The Balaban J connectivity index is 3.04. The molecule has 0 saturated heterocycles. The quantitative estimate of drug-likeness (QED) is 0.403. The second-order valence-electron chi connectivity index (χ2n) is 3.32. The lowest BCUT2D eigenvalue weighted by Crippen LogP contribution is -2.16. The number of hydrogen-bond donors (Lipinski definition) is 0. The number of halogens is 1. The Kier molecular flexibility index (Phi) is 8.90. The van der Waals surface area contributed by atoms with E-state index in [0.29, 0.717) is 13.1 Å². The summed E-state index contributed by atoms with van der Waals surface area (Å²) in [5, 5.41) is 0.964. The van der Waals surface area contributed by atoms with Crippen LogP contribution in [0.1, 0.15) is 52.4 Å². The molecule has 0 heterocycles. The van der Waals surface area contributed by atoms with E-state index in [4.69, 9.17) is 0 Å². The fourth-order valence-electron chi connectivity index (χ4n) is 1.18. The molecule has 0 saturated carbocycles. The number of rotatable bonds is 8. The molecule has 74 valence electrons. The maximum Gasteiger partial charge on any atom is 0.0290 e. The van der Waals surface area contributed by atoms with Crippen molar-refractivity contribution in [2.24, 2.45) is 0 Å². The first-order valence-corrected chi connectivity index (χ1v) is 5.22. The van der Waals surface area contributed by atoms with Gasteiger partial charge in [-0.3, -0.25) is 0 Å². The predicted molar refractivity (Wildman–Crippen MR) is 51.7 cm³/mol. The zero-order chi connectivity index (χ0) is 9.23. The monoisotopic (exact) mass is 175 g/mol. The minimum Gasteiger partial charge on any atom is -0.146 e. The molecule has 0 bridgehead atoms. The van der Waals surface area contributed by atoms with E-state index in [0.717, 1.165) is 30.8 Å². The van der Waals surface area contributed by atoms with E-state index in [-0.39, 0.29) is 0 Å². The lowest BCUT2D eigenvalue weighted by atomic mass is 10.2. The summed E-state index contributed by atoms with van der Waals surface area (Å²) in [4.78, 5) is 0. The minimum absolute atomic E-state index is 0.623. The molecule has 0 aliphatic heterocycles. The Hall–Kier alpha value is -0.110. The third kappa shape index (κ3) is 7.99. The van der Waals surface area contributed by atoms with Crippen LogP contribution in [-0.2, 0) is 0 Å². The predicted octanol–water partition coefficient (Wildman–Crippen LogP) is 3.55. The molecular formula is C10H22FN. The zero-order valence-electron chi connectivity index (χ0n) is 8.48. The Morgan fingerprint density at radius 2 is 1.25 bits per heavy atom. The van der Waals surface area contributed by atoms with Gasteiger partial charge < -0.3 is 0 Å². The molecule has 0 N–H and O–H groups in total. The molecule has 0 unspecified atom stereocenters. The molecular weight excluding hydrogens is 153 g/mol. The summed E-state index contributed by atoms with van der Waals surface area (Å²) in [6.45, 7) is 5.52.